The van der Waals surface area contributed by atoms with Crippen molar-refractivity contribution < 1.29 is 13.9 Å². The van der Waals surface area contributed by atoms with Gasteiger partial charge in [-0.05, 0) is 19.1 Å². The molecule has 2 rings (SSSR count). The fourth-order valence-electron chi connectivity index (χ4n) is 1.49. The van der Waals surface area contributed by atoms with E-state index in [9.17, 15) is 18.7 Å². The zero-order valence-corrected chi connectivity index (χ0v) is 8.84. The van der Waals surface area contributed by atoms with Gasteiger partial charge in [0.1, 0.15) is 11.6 Å². The van der Waals surface area contributed by atoms with Crippen molar-refractivity contribution in [3.63, 3.8) is 0 Å². The fraction of sp³-hybridized carbons (Fsp3) is 0.200. The number of phenolic OH excluding ortho intramolecular Hbond substituents is 1. The van der Waals surface area contributed by atoms with Gasteiger partial charge in [0.15, 0.2) is 0 Å². The standard InChI is InChI=1S/C10H9F2N3O2/c1-6-13-15(10(17)14(6)9(11)12)7-3-2-4-8(16)5-7/h2-5,9,16H,1H3. The Morgan fingerprint density at radius 3 is 2.65 bits per heavy atom. The van der Waals surface area contributed by atoms with E-state index >= 15 is 0 Å². The van der Waals surface area contributed by atoms with Gasteiger partial charge in [0.05, 0.1) is 5.69 Å². The minimum Gasteiger partial charge on any atom is -0.508 e. The molecule has 0 radical (unpaired) electrons. The molecule has 1 heterocycles. The van der Waals surface area contributed by atoms with Gasteiger partial charge in [0, 0.05) is 6.07 Å². The first-order valence-electron chi connectivity index (χ1n) is 4.76. The van der Waals surface area contributed by atoms with Gasteiger partial charge in [-0.1, -0.05) is 6.07 Å². The molecule has 0 atom stereocenters. The topological polar surface area (TPSA) is 60.0 Å². The van der Waals surface area contributed by atoms with E-state index in [2.05, 4.69) is 5.10 Å². The molecule has 17 heavy (non-hydrogen) atoms. The molecule has 90 valence electrons. The number of phenols is 1. The second-order valence-electron chi connectivity index (χ2n) is 3.41. The molecule has 1 N–H and O–H groups in total. The van der Waals surface area contributed by atoms with Crippen LogP contribution in [0.4, 0.5) is 8.78 Å². The second kappa shape index (κ2) is 4.00. The van der Waals surface area contributed by atoms with Crippen LogP contribution >= 0.6 is 0 Å². The maximum Gasteiger partial charge on any atom is 0.355 e. The quantitative estimate of drug-likeness (QED) is 0.865. The van der Waals surface area contributed by atoms with Gasteiger partial charge in [0.25, 0.3) is 0 Å². The van der Waals surface area contributed by atoms with Crippen molar-refractivity contribution in [2.75, 3.05) is 0 Å². The molecule has 2 aromatic rings. The van der Waals surface area contributed by atoms with Crippen LogP contribution in [0, 0.1) is 6.92 Å². The van der Waals surface area contributed by atoms with E-state index in [0.717, 1.165) is 4.68 Å². The third kappa shape index (κ3) is 1.91. The smallest absolute Gasteiger partial charge is 0.355 e. The van der Waals surface area contributed by atoms with Crippen molar-refractivity contribution in [2.24, 2.45) is 0 Å². The van der Waals surface area contributed by atoms with Crippen LogP contribution < -0.4 is 5.69 Å². The average molecular weight is 241 g/mol. The monoisotopic (exact) mass is 241 g/mol. The SMILES string of the molecule is Cc1nn(-c2cccc(O)c2)c(=O)n1C(F)F. The molecule has 0 aliphatic rings. The Balaban J connectivity index is 2.62. The van der Waals surface area contributed by atoms with Crippen molar-refractivity contribution in [1.82, 2.24) is 14.3 Å². The van der Waals surface area contributed by atoms with Crippen molar-refractivity contribution >= 4 is 0 Å². The lowest BCUT2D eigenvalue weighted by molar-refractivity contribution is 0.0640. The van der Waals surface area contributed by atoms with Gasteiger partial charge in [-0.25, -0.2) is 9.36 Å². The third-order valence-corrected chi connectivity index (χ3v) is 2.25. The van der Waals surface area contributed by atoms with Crippen LogP contribution in [-0.2, 0) is 0 Å². The lowest BCUT2D eigenvalue weighted by atomic mass is 10.3. The number of aromatic nitrogens is 3. The summed E-state index contributed by atoms with van der Waals surface area (Å²) in [5, 5.41) is 13.0. The summed E-state index contributed by atoms with van der Waals surface area (Å²) in [6.45, 7) is -1.62. The Morgan fingerprint density at radius 1 is 1.41 bits per heavy atom. The summed E-state index contributed by atoms with van der Waals surface area (Å²) >= 11 is 0. The lowest BCUT2D eigenvalue weighted by Crippen LogP contribution is -2.24. The number of hydrogen-bond donors (Lipinski definition) is 1. The Labute approximate surface area is 94.5 Å². The summed E-state index contributed by atoms with van der Waals surface area (Å²) < 4.78 is 26.2. The molecule has 0 aliphatic heterocycles. The van der Waals surface area contributed by atoms with E-state index in [1.54, 1.807) is 0 Å². The highest BCUT2D eigenvalue weighted by atomic mass is 19.3. The first-order valence-corrected chi connectivity index (χ1v) is 4.76. The predicted octanol–water partition coefficient (Wildman–Crippen LogP) is 1.44. The van der Waals surface area contributed by atoms with Crippen molar-refractivity contribution in [3.8, 4) is 11.4 Å². The molecule has 0 unspecified atom stereocenters. The van der Waals surface area contributed by atoms with Crippen molar-refractivity contribution in [3.05, 3.63) is 40.6 Å². The van der Waals surface area contributed by atoms with E-state index in [-0.39, 0.29) is 21.8 Å². The molecular weight excluding hydrogens is 232 g/mol. The summed E-state index contributed by atoms with van der Waals surface area (Å²) in [4.78, 5) is 11.6. The molecule has 5 nitrogen and oxygen atoms in total. The number of hydrogen-bond acceptors (Lipinski definition) is 3. The molecule has 0 saturated carbocycles. The van der Waals surface area contributed by atoms with E-state index in [0.29, 0.717) is 0 Å². The summed E-state index contributed by atoms with van der Waals surface area (Å²) in [6.07, 6.45) is 0. The van der Waals surface area contributed by atoms with Crippen LogP contribution in [0.25, 0.3) is 5.69 Å². The summed E-state index contributed by atoms with van der Waals surface area (Å²) in [5.41, 5.74) is -0.708. The van der Waals surface area contributed by atoms with Crippen LogP contribution in [0.5, 0.6) is 5.75 Å². The Hall–Kier alpha value is -2.18. The van der Waals surface area contributed by atoms with Crippen LogP contribution in [0.3, 0.4) is 0 Å². The molecule has 1 aromatic carbocycles. The van der Waals surface area contributed by atoms with E-state index in [4.69, 9.17) is 0 Å². The fourth-order valence-corrected chi connectivity index (χ4v) is 1.49. The number of aromatic hydroxyl groups is 1. The van der Waals surface area contributed by atoms with Crippen LogP contribution in [0.2, 0.25) is 0 Å². The minimum atomic E-state index is -2.94. The molecule has 0 fully saturated rings. The molecule has 1 aromatic heterocycles. The maximum absolute atomic E-state index is 12.6. The molecule has 0 bridgehead atoms. The van der Waals surface area contributed by atoms with Gasteiger partial charge in [-0.3, -0.25) is 0 Å². The predicted molar refractivity (Wildman–Crippen MR) is 55.5 cm³/mol. The van der Waals surface area contributed by atoms with Gasteiger partial charge in [-0.2, -0.15) is 18.6 Å². The van der Waals surface area contributed by atoms with Crippen LogP contribution in [0.15, 0.2) is 29.1 Å². The van der Waals surface area contributed by atoms with Gasteiger partial charge >= 0.3 is 12.2 Å². The highest BCUT2D eigenvalue weighted by Gasteiger charge is 2.18. The molecule has 7 heteroatoms. The number of nitrogens with zero attached hydrogens (tertiary/aromatic N) is 3. The lowest BCUT2D eigenvalue weighted by Gasteiger charge is -2.00. The average Bonchev–Trinajstić information content (AvgIpc) is 2.54. The van der Waals surface area contributed by atoms with E-state index < -0.39 is 12.2 Å². The third-order valence-electron chi connectivity index (χ3n) is 2.25. The molecule has 0 amide bonds. The largest absolute Gasteiger partial charge is 0.508 e. The van der Waals surface area contributed by atoms with Gasteiger partial charge in [0.2, 0.25) is 0 Å². The first-order chi connectivity index (χ1) is 8.00. The summed E-state index contributed by atoms with van der Waals surface area (Å²) in [7, 11) is 0. The van der Waals surface area contributed by atoms with Crippen LogP contribution in [0.1, 0.15) is 12.4 Å². The number of rotatable bonds is 2. The zero-order valence-electron chi connectivity index (χ0n) is 8.84. The highest BCUT2D eigenvalue weighted by molar-refractivity contribution is 5.37. The van der Waals surface area contributed by atoms with E-state index in [1.165, 1.54) is 31.2 Å². The number of benzene rings is 1. The second-order valence-corrected chi connectivity index (χ2v) is 3.41. The number of aryl methyl sites for hydroxylation is 1. The van der Waals surface area contributed by atoms with Crippen LogP contribution in [-0.4, -0.2) is 19.5 Å². The normalized spacial score (nSPS) is 11.1. The summed E-state index contributed by atoms with van der Waals surface area (Å²) in [6, 6.07) is 5.66. The molecule has 0 aliphatic carbocycles. The maximum atomic E-state index is 12.6. The van der Waals surface area contributed by atoms with Crippen molar-refractivity contribution in [1.29, 1.82) is 0 Å². The van der Waals surface area contributed by atoms with E-state index in [1.807, 2.05) is 0 Å². The van der Waals surface area contributed by atoms with Crippen molar-refractivity contribution in [2.45, 2.75) is 13.5 Å². The highest BCUT2D eigenvalue weighted by Crippen LogP contribution is 2.14. The zero-order chi connectivity index (χ0) is 12.6. The van der Waals surface area contributed by atoms with Gasteiger partial charge in [-0.15, -0.1) is 0 Å². The Kier molecular flexibility index (Phi) is 2.66. The molecular formula is C10H9F2N3O2. The first kappa shape index (κ1) is 11.3. The number of alkyl halides is 2. The summed E-state index contributed by atoms with van der Waals surface area (Å²) in [5.74, 6) is -0.160. The minimum absolute atomic E-state index is 0.0707. The van der Waals surface area contributed by atoms with Gasteiger partial charge < -0.3 is 5.11 Å². The number of halogens is 2. The molecule has 0 spiro atoms. The molecule has 0 saturated heterocycles. The Bertz CT molecular complexity index is 604. The Morgan fingerprint density at radius 2 is 2.12 bits per heavy atom.